The van der Waals surface area contributed by atoms with Gasteiger partial charge in [0.15, 0.2) is 0 Å². The normalized spacial score (nSPS) is 16.6. The summed E-state index contributed by atoms with van der Waals surface area (Å²) in [6, 6.07) is 8.26. The van der Waals surface area contributed by atoms with Crippen LogP contribution in [0.3, 0.4) is 0 Å². The maximum absolute atomic E-state index is 12.6. The van der Waals surface area contributed by atoms with Crippen LogP contribution in [0.4, 0.5) is 0 Å². The van der Waals surface area contributed by atoms with Crippen molar-refractivity contribution in [1.82, 2.24) is 10.3 Å². The molecule has 20 heavy (non-hydrogen) atoms. The zero-order valence-corrected chi connectivity index (χ0v) is 12.4. The number of rotatable bonds is 4. The molecule has 3 heteroatoms. The number of hydrogen-bond donors (Lipinski definition) is 2. The molecule has 2 N–H and O–H groups in total. The number of benzene rings is 1. The van der Waals surface area contributed by atoms with Crippen LogP contribution in [0.1, 0.15) is 37.9 Å². The Labute approximate surface area is 119 Å². The van der Waals surface area contributed by atoms with Gasteiger partial charge >= 0.3 is 0 Å². The first kappa shape index (κ1) is 13.2. The Morgan fingerprint density at radius 2 is 2.05 bits per heavy atom. The van der Waals surface area contributed by atoms with Crippen LogP contribution in [0, 0.1) is 12.8 Å². The first-order valence-electron chi connectivity index (χ1n) is 7.41. The van der Waals surface area contributed by atoms with Crippen molar-refractivity contribution < 1.29 is 4.79 Å². The van der Waals surface area contributed by atoms with E-state index in [-0.39, 0.29) is 11.3 Å². The highest BCUT2D eigenvalue weighted by Crippen LogP contribution is 2.51. The van der Waals surface area contributed by atoms with Crippen molar-refractivity contribution >= 4 is 16.8 Å². The van der Waals surface area contributed by atoms with Crippen LogP contribution in [0.25, 0.3) is 10.9 Å². The van der Waals surface area contributed by atoms with Gasteiger partial charge in [0.1, 0.15) is 0 Å². The average Bonchev–Trinajstić information content (AvgIpc) is 3.13. The van der Waals surface area contributed by atoms with Gasteiger partial charge in [0.05, 0.1) is 5.41 Å². The third-order valence-electron chi connectivity index (χ3n) is 4.23. The smallest absolute Gasteiger partial charge is 0.230 e. The number of para-hydroxylation sites is 1. The fourth-order valence-electron chi connectivity index (χ4n) is 3.07. The molecule has 0 bridgehead atoms. The van der Waals surface area contributed by atoms with E-state index in [9.17, 15) is 4.79 Å². The summed E-state index contributed by atoms with van der Waals surface area (Å²) in [7, 11) is 0. The number of aromatic amines is 1. The van der Waals surface area contributed by atoms with Gasteiger partial charge in [-0.25, -0.2) is 0 Å². The van der Waals surface area contributed by atoms with Gasteiger partial charge in [-0.3, -0.25) is 4.79 Å². The van der Waals surface area contributed by atoms with Crippen LogP contribution in [-0.4, -0.2) is 17.4 Å². The molecule has 1 saturated carbocycles. The van der Waals surface area contributed by atoms with Gasteiger partial charge in [-0.1, -0.05) is 32.0 Å². The highest BCUT2D eigenvalue weighted by atomic mass is 16.2. The van der Waals surface area contributed by atoms with Crippen molar-refractivity contribution in [1.29, 1.82) is 0 Å². The summed E-state index contributed by atoms with van der Waals surface area (Å²) in [5.74, 6) is 0.679. The predicted molar refractivity (Wildman–Crippen MR) is 81.8 cm³/mol. The number of H-pyrrole nitrogens is 1. The Bertz CT molecular complexity index is 650. The molecule has 0 saturated heterocycles. The predicted octanol–water partition coefficient (Wildman–Crippen LogP) is 3.28. The van der Waals surface area contributed by atoms with E-state index in [2.05, 4.69) is 43.2 Å². The van der Waals surface area contributed by atoms with E-state index in [1.165, 1.54) is 10.9 Å². The highest BCUT2D eigenvalue weighted by molar-refractivity contribution is 5.98. The Morgan fingerprint density at radius 1 is 1.35 bits per heavy atom. The number of carbonyl (C=O) groups excluding carboxylic acids is 1. The highest BCUT2D eigenvalue weighted by Gasteiger charge is 2.53. The molecule has 3 nitrogen and oxygen atoms in total. The minimum Gasteiger partial charge on any atom is -0.358 e. The first-order chi connectivity index (χ1) is 9.54. The van der Waals surface area contributed by atoms with Crippen molar-refractivity contribution in [3.63, 3.8) is 0 Å². The third kappa shape index (κ3) is 2.01. The van der Waals surface area contributed by atoms with Gasteiger partial charge < -0.3 is 10.3 Å². The van der Waals surface area contributed by atoms with Crippen molar-refractivity contribution in [2.45, 2.75) is 39.0 Å². The average molecular weight is 270 g/mol. The van der Waals surface area contributed by atoms with Crippen LogP contribution in [0.2, 0.25) is 0 Å². The summed E-state index contributed by atoms with van der Waals surface area (Å²) in [5, 5.41) is 4.31. The summed E-state index contributed by atoms with van der Waals surface area (Å²) in [5.41, 5.74) is 3.17. The maximum atomic E-state index is 12.6. The summed E-state index contributed by atoms with van der Waals surface area (Å²) in [6.45, 7) is 7.07. The minimum absolute atomic E-state index is 0.194. The van der Waals surface area contributed by atoms with E-state index >= 15 is 0 Å². The summed E-state index contributed by atoms with van der Waals surface area (Å²) in [4.78, 5) is 16.0. The van der Waals surface area contributed by atoms with Gasteiger partial charge in [-0.2, -0.15) is 0 Å². The van der Waals surface area contributed by atoms with Gasteiger partial charge in [0.2, 0.25) is 5.91 Å². The molecule has 0 spiro atoms. The van der Waals surface area contributed by atoms with E-state index in [1.807, 2.05) is 12.1 Å². The Hall–Kier alpha value is -1.77. The number of hydrogen-bond acceptors (Lipinski definition) is 1. The number of carbonyl (C=O) groups is 1. The van der Waals surface area contributed by atoms with Crippen molar-refractivity contribution in [3.05, 3.63) is 35.5 Å². The molecule has 1 heterocycles. The zero-order chi connectivity index (χ0) is 14.3. The van der Waals surface area contributed by atoms with Crippen molar-refractivity contribution in [3.8, 4) is 0 Å². The van der Waals surface area contributed by atoms with Crippen LogP contribution in [0.15, 0.2) is 24.3 Å². The van der Waals surface area contributed by atoms with Crippen LogP contribution in [-0.2, 0) is 10.2 Å². The quantitative estimate of drug-likeness (QED) is 0.880. The molecule has 0 radical (unpaired) electrons. The second-order valence-electron chi connectivity index (χ2n) is 6.36. The van der Waals surface area contributed by atoms with Crippen molar-refractivity contribution in [2.24, 2.45) is 5.92 Å². The number of nitrogens with one attached hydrogen (secondary N) is 2. The number of fused-ring (bicyclic) bond motifs is 1. The maximum Gasteiger partial charge on any atom is 0.230 e. The molecule has 0 aliphatic heterocycles. The molecular weight excluding hydrogens is 248 g/mol. The van der Waals surface area contributed by atoms with Crippen LogP contribution in [0.5, 0.6) is 0 Å². The Balaban J connectivity index is 1.98. The molecule has 1 aliphatic rings. The molecule has 1 fully saturated rings. The lowest BCUT2D eigenvalue weighted by Crippen LogP contribution is -2.37. The van der Waals surface area contributed by atoms with E-state index in [1.54, 1.807) is 0 Å². The van der Waals surface area contributed by atoms with Gasteiger partial charge in [0.25, 0.3) is 0 Å². The molecule has 1 amide bonds. The summed E-state index contributed by atoms with van der Waals surface area (Å²) < 4.78 is 0. The molecule has 0 unspecified atom stereocenters. The fraction of sp³-hybridized carbons (Fsp3) is 0.471. The minimum atomic E-state index is -0.293. The van der Waals surface area contributed by atoms with Crippen LogP contribution < -0.4 is 5.32 Å². The lowest BCUT2D eigenvalue weighted by Gasteiger charge is -2.17. The number of aromatic nitrogens is 1. The standard InChI is InChI=1S/C17H22N2O/c1-11(2)10-18-16(20)17(8-9-17)15-12(3)19-14-7-5-4-6-13(14)15/h4-7,11,19H,8-10H2,1-3H3,(H,18,20). The number of aryl methyl sites for hydroxylation is 1. The molecule has 1 aromatic carbocycles. The summed E-state index contributed by atoms with van der Waals surface area (Å²) in [6.07, 6.45) is 1.92. The Morgan fingerprint density at radius 3 is 2.70 bits per heavy atom. The van der Waals surface area contributed by atoms with Gasteiger partial charge in [-0.05, 0) is 37.3 Å². The molecular formula is C17H22N2O. The SMILES string of the molecule is Cc1[nH]c2ccccc2c1C1(C(=O)NCC(C)C)CC1. The van der Waals surface area contributed by atoms with Gasteiger partial charge in [0, 0.05) is 23.1 Å². The first-order valence-corrected chi connectivity index (χ1v) is 7.41. The lowest BCUT2D eigenvalue weighted by molar-refractivity contribution is -0.123. The fourth-order valence-corrected chi connectivity index (χ4v) is 3.07. The van der Waals surface area contributed by atoms with Gasteiger partial charge in [-0.15, -0.1) is 0 Å². The topological polar surface area (TPSA) is 44.9 Å². The largest absolute Gasteiger partial charge is 0.358 e. The molecule has 1 aromatic heterocycles. The second kappa shape index (κ2) is 4.65. The van der Waals surface area contributed by atoms with Crippen LogP contribution >= 0.6 is 0 Å². The molecule has 2 aromatic rings. The molecule has 106 valence electrons. The van der Waals surface area contributed by atoms with Crippen molar-refractivity contribution in [2.75, 3.05) is 6.54 Å². The van der Waals surface area contributed by atoms with E-state index in [0.717, 1.165) is 30.6 Å². The molecule has 0 atom stereocenters. The van der Waals surface area contributed by atoms with E-state index in [4.69, 9.17) is 0 Å². The molecule has 3 rings (SSSR count). The zero-order valence-electron chi connectivity index (χ0n) is 12.4. The lowest BCUT2D eigenvalue weighted by atomic mass is 9.92. The summed E-state index contributed by atoms with van der Waals surface area (Å²) >= 11 is 0. The van der Waals surface area contributed by atoms with E-state index in [0.29, 0.717) is 5.92 Å². The Kier molecular flexibility index (Phi) is 3.08. The monoisotopic (exact) mass is 270 g/mol. The van der Waals surface area contributed by atoms with E-state index < -0.39 is 0 Å². The second-order valence-corrected chi connectivity index (χ2v) is 6.36. The third-order valence-corrected chi connectivity index (χ3v) is 4.23. The number of amides is 1. The molecule has 1 aliphatic carbocycles.